The van der Waals surface area contributed by atoms with Crippen molar-refractivity contribution in [2.45, 2.75) is 12.7 Å². The van der Waals surface area contributed by atoms with Crippen molar-refractivity contribution in [3.63, 3.8) is 0 Å². The third-order valence-electron chi connectivity index (χ3n) is 3.46. The lowest BCUT2D eigenvalue weighted by Gasteiger charge is -2.11. The molecule has 2 rings (SSSR count). The van der Waals surface area contributed by atoms with Crippen molar-refractivity contribution in [2.75, 3.05) is 19.0 Å². The molecule has 1 aromatic carbocycles. The van der Waals surface area contributed by atoms with E-state index in [1.54, 1.807) is 25.1 Å². The summed E-state index contributed by atoms with van der Waals surface area (Å²) in [6.45, 7) is 10.7. The highest BCUT2D eigenvalue weighted by atomic mass is 32.2. The Bertz CT molecular complexity index is 789. The molecule has 0 saturated heterocycles. The van der Waals surface area contributed by atoms with E-state index in [1.807, 2.05) is 24.3 Å². The van der Waals surface area contributed by atoms with Crippen molar-refractivity contribution in [2.24, 2.45) is 0 Å². The number of hydrogen-bond acceptors (Lipinski definition) is 6. The molecule has 0 fully saturated rings. The molecule has 0 bridgehead atoms. The van der Waals surface area contributed by atoms with E-state index in [2.05, 4.69) is 52.2 Å². The molecule has 0 atom stereocenters. The van der Waals surface area contributed by atoms with Crippen molar-refractivity contribution >= 4 is 29.0 Å². The molecule has 2 aromatic rings. The number of rotatable bonds is 10. The number of aromatic nitrogens is 2. The molecule has 0 amide bonds. The minimum Gasteiger partial charge on any atom is -0.497 e. The average Bonchev–Trinajstić information content (AvgIpc) is 2.66. The minimum absolute atomic E-state index is 0.525. The summed E-state index contributed by atoms with van der Waals surface area (Å²) < 4.78 is 8.50. The monoisotopic (exact) mass is 368 g/mol. The lowest BCUT2D eigenvalue weighted by Crippen LogP contribution is -2.02. The van der Waals surface area contributed by atoms with Gasteiger partial charge in [0.2, 0.25) is 0 Å². The number of ether oxygens (including phenoxy) is 1. The number of allylic oxidation sites excluding steroid dienone is 3. The third kappa shape index (κ3) is 5.75. The zero-order valence-electron chi connectivity index (χ0n) is 15.2. The second kappa shape index (κ2) is 10.4. The summed E-state index contributed by atoms with van der Waals surface area (Å²) in [6.07, 6.45) is 5.01. The van der Waals surface area contributed by atoms with Gasteiger partial charge in [-0.25, -0.2) is 9.97 Å². The Morgan fingerprint density at radius 2 is 2.15 bits per heavy atom. The van der Waals surface area contributed by atoms with Crippen LogP contribution in [0.3, 0.4) is 0 Å². The van der Waals surface area contributed by atoms with Crippen LogP contribution in [-0.2, 0) is 10.5 Å². The first-order chi connectivity index (χ1) is 12.7. The predicted molar refractivity (Wildman–Crippen MR) is 111 cm³/mol. The van der Waals surface area contributed by atoms with E-state index < -0.39 is 0 Å². The van der Waals surface area contributed by atoms with Gasteiger partial charge in [-0.2, -0.15) is 0 Å². The zero-order chi connectivity index (χ0) is 18.8. The maximum absolute atomic E-state index is 5.24. The largest absolute Gasteiger partial charge is 0.497 e. The molecule has 0 radical (unpaired) electrons. The van der Waals surface area contributed by atoms with Crippen LogP contribution in [0.4, 0.5) is 11.5 Å². The number of nitrogens with one attached hydrogen (secondary N) is 2. The van der Waals surface area contributed by atoms with Crippen LogP contribution in [0, 0.1) is 0 Å². The van der Waals surface area contributed by atoms with Gasteiger partial charge < -0.3 is 10.1 Å². The van der Waals surface area contributed by atoms with Crippen LogP contribution in [0.25, 0.3) is 5.57 Å². The smallest absolute Gasteiger partial charge is 0.134 e. The lowest BCUT2D eigenvalue weighted by atomic mass is 10.1. The number of methoxy groups -OCH3 is 1. The molecule has 0 aliphatic rings. The Kier molecular flexibility index (Phi) is 7.92. The third-order valence-corrected chi connectivity index (χ3v) is 4.43. The van der Waals surface area contributed by atoms with Gasteiger partial charge in [0, 0.05) is 29.6 Å². The summed E-state index contributed by atoms with van der Waals surface area (Å²) in [6, 6.07) is 10.1. The molecule has 0 aliphatic carbocycles. The molecular formula is C20H24N4OS. The van der Waals surface area contributed by atoms with Crippen molar-refractivity contribution in [3.05, 3.63) is 79.0 Å². The highest BCUT2D eigenvalue weighted by Gasteiger charge is 2.09. The number of anilines is 2. The maximum Gasteiger partial charge on any atom is 0.134 e. The van der Waals surface area contributed by atoms with E-state index in [0.29, 0.717) is 17.3 Å². The Labute approximate surface area is 159 Å². The van der Waals surface area contributed by atoms with E-state index in [1.165, 1.54) is 11.9 Å². The van der Waals surface area contributed by atoms with Gasteiger partial charge in [0.1, 0.15) is 17.9 Å². The first kappa shape index (κ1) is 19.8. The predicted octanol–water partition coefficient (Wildman–Crippen LogP) is 4.71. The molecule has 0 saturated carbocycles. The first-order valence-corrected chi connectivity index (χ1v) is 9.25. The molecule has 0 spiro atoms. The molecule has 0 aliphatic heterocycles. The Morgan fingerprint density at radius 3 is 2.88 bits per heavy atom. The van der Waals surface area contributed by atoms with Crippen LogP contribution >= 0.6 is 11.9 Å². The maximum atomic E-state index is 5.24. The van der Waals surface area contributed by atoms with Crippen molar-refractivity contribution < 1.29 is 4.74 Å². The summed E-state index contributed by atoms with van der Waals surface area (Å²) in [7, 11) is 1.58. The topological polar surface area (TPSA) is 59.1 Å². The normalized spacial score (nSPS) is 11.1. The van der Waals surface area contributed by atoms with Gasteiger partial charge in [-0.15, -0.1) is 0 Å². The summed E-state index contributed by atoms with van der Waals surface area (Å²) in [5.41, 5.74) is 3.69. The second-order valence-electron chi connectivity index (χ2n) is 5.34. The van der Waals surface area contributed by atoms with Crippen LogP contribution < -0.4 is 10.0 Å². The molecule has 2 N–H and O–H groups in total. The van der Waals surface area contributed by atoms with Crippen molar-refractivity contribution in [3.8, 4) is 0 Å². The fraction of sp³-hybridized carbons (Fsp3) is 0.200. The van der Waals surface area contributed by atoms with Crippen LogP contribution in [0.1, 0.15) is 18.2 Å². The van der Waals surface area contributed by atoms with E-state index in [9.17, 15) is 0 Å². The van der Waals surface area contributed by atoms with Gasteiger partial charge in [0.05, 0.1) is 12.8 Å². The molecular weight excluding hydrogens is 344 g/mol. The van der Waals surface area contributed by atoms with Crippen LogP contribution in [0.5, 0.6) is 0 Å². The number of nitrogens with zero attached hydrogens (tertiary/aromatic N) is 2. The molecule has 5 nitrogen and oxygen atoms in total. The van der Waals surface area contributed by atoms with Crippen LogP contribution in [0.2, 0.25) is 0 Å². The van der Waals surface area contributed by atoms with Gasteiger partial charge in [0.15, 0.2) is 0 Å². The Balaban J connectivity index is 2.18. The van der Waals surface area contributed by atoms with E-state index >= 15 is 0 Å². The molecule has 136 valence electrons. The van der Waals surface area contributed by atoms with E-state index in [-0.39, 0.29) is 0 Å². The molecule has 0 unspecified atom stereocenters. The SMILES string of the molecule is C=C/C=C(\C(=C)OC)c1cc(Nc2cccc(CSNCC)c2)ncn1. The average molecular weight is 369 g/mol. The fourth-order valence-corrected chi connectivity index (χ4v) is 2.90. The number of hydrogen-bond donors (Lipinski definition) is 2. The van der Waals surface area contributed by atoms with Crippen molar-refractivity contribution in [1.82, 2.24) is 14.7 Å². The highest BCUT2D eigenvalue weighted by Crippen LogP contribution is 2.24. The van der Waals surface area contributed by atoms with Gasteiger partial charge in [0.25, 0.3) is 0 Å². The molecule has 1 aromatic heterocycles. The number of benzene rings is 1. The van der Waals surface area contributed by atoms with Gasteiger partial charge in [-0.05, 0) is 23.8 Å². The highest BCUT2D eigenvalue weighted by molar-refractivity contribution is 7.96. The summed E-state index contributed by atoms with van der Waals surface area (Å²) >= 11 is 1.70. The van der Waals surface area contributed by atoms with Gasteiger partial charge in [-0.1, -0.05) is 50.2 Å². The second-order valence-corrected chi connectivity index (χ2v) is 6.21. The quantitative estimate of drug-likeness (QED) is 0.274. The standard InChI is InChI=1S/C20H24N4OS/c1-5-8-18(15(3)25-4)19-12-20(22-14-21-19)24-17-10-7-9-16(11-17)13-26-23-6-2/h5,7-12,14,23H,1,3,6,13H2,2,4H3,(H,21,22,24)/b18-8+. The van der Waals surface area contributed by atoms with Crippen molar-refractivity contribution in [1.29, 1.82) is 0 Å². The van der Waals surface area contributed by atoms with E-state index in [4.69, 9.17) is 4.74 Å². The summed E-state index contributed by atoms with van der Waals surface area (Å²) in [5.74, 6) is 2.13. The fourth-order valence-electron chi connectivity index (χ4n) is 2.25. The lowest BCUT2D eigenvalue weighted by molar-refractivity contribution is 0.312. The summed E-state index contributed by atoms with van der Waals surface area (Å²) in [4.78, 5) is 8.62. The molecule has 1 heterocycles. The van der Waals surface area contributed by atoms with Gasteiger partial charge >= 0.3 is 0 Å². The Hall–Kier alpha value is -2.57. The first-order valence-electron chi connectivity index (χ1n) is 8.27. The Morgan fingerprint density at radius 1 is 1.31 bits per heavy atom. The molecule has 6 heteroatoms. The van der Waals surface area contributed by atoms with Crippen LogP contribution in [0.15, 0.2) is 67.7 Å². The van der Waals surface area contributed by atoms with Crippen LogP contribution in [-0.4, -0.2) is 23.6 Å². The summed E-state index contributed by atoms with van der Waals surface area (Å²) in [5, 5.41) is 3.32. The van der Waals surface area contributed by atoms with E-state index in [0.717, 1.165) is 23.6 Å². The molecule has 26 heavy (non-hydrogen) atoms. The van der Waals surface area contributed by atoms with Gasteiger partial charge in [-0.3, -0.25) is 4.72 Å². The zero-order valence-corrected chi connectivity index (χ0v) is 16.0. The minimum atomic E-state index is 0.525.